The normalized spacial score (nSPS) is 12.1. The van der Waals surface area contributed by atoms with E-state index in [1.807, 2.05) is 0 Å². The Morgan fingerprint density at radius 2 is 0.726 bits per heavy atom. The molecule has 0 atom stereocenters. The van der Waals surface area contributed by atoms with Gasteiger partial charge in [0.1, 0.15) is 11.5 Å². The van der Waals surface area contributed by atoms with Crippen LogP contribution >= 0.6 is 0 Å². The number of nitrogens with zero attached hydrogens (tertiary/aromatic N) is 1. The molecule has 2 aliphatic rings. The second-order valence-electron chi connectivity index (χ2n) is 22.8. The summed E-state index contributed by atoms with van der Waals surface area (Å²) in [6, 6.07) is 106. The molecule has 394 valence electrons. The molecule has 14 aromatic rings. The van der Waals surface area contributed by atoms with E-state index in [0.717, 1.165) is 61.5 Å². The maximum absolute atomic E-state index is 7.88. The predicted molar refractivity (Wildman–Crippen MR) is 355 cm³/mol. The molecule has 2 nitrogen and oxygen atoms in total. The Hall–Kier alpha value is -10.5. The lowest BCUT2D eigenvalue weighted by Crippen LogP contribution is -2.58. The standard InChI is InChI=1S/C81H56BNO/c1-51-42-52(2)78(53(3)43-51)61-49-76-79-77(50-61)84-81-72(69-39-23-22-35-65(69)57-30-14-7-15-31-57)46-60(68-38-21-18-34-64(68)56-28-12-6-13-29-56)48-74(81)82(79)73-47-59(67-37-20-17-33-63(67)55-26-10-5-11-27-55)45-71-70-44-58(40-41-75(70)83(76)80(71)73)66-36-19-16-32-62(66)54-24-8-4-9-25-54/h4-50H,1-3H3. The Morgan fingerprint density at radius 1 is 0.310 bits per heavy atom. The number of rotatable bonds is 9. The zero-order valence-corrected chi connectivity index (χ0v) is 47.1. The minimum atomic E-state index is -0.235. The lowest BCUT2D eigenvalue weighted by Gasteiger charge is -2.35. The van der Waals surface area contributed by atoms with Crippen molar-refractivity contribution in [2.24, 2.45) is 0 Å². The Morgan fingerprint density at radius 3 is 1.24 bits per heavy atom. The van der Waals surface area contributed by atoms with Gasteiger partial charge in [0.2, 0.25) is 0 Å². The van der Waals surface area contributed by atoms with Crippen LogP contribution in [-0.2, 0) is 0 Å². The summed E-state index contributed by atoms with van der Waals surface area (Å²) in [6.45, 7) is 6.48. The van der Waals surface area contributed by atoms with Gasteiger partial charge < -0.3 is 9.30 Å². The number of aryl methyl sites for hydroxylation is 3. The van der Waals surface area contributed by atoms with Crippen LogP contribution < -0.4 is 21.1 Å². The van der Waals surface area contributed by atoms with Gasteiger partial charge >= 0.3 is 0 Å². The molecule has 0 saturated carbocycles. The fraction of sp³-hybridized carbons (Fsp3) is 0.0370. The van der Waals surface area contributed by atoms with Crippen LogP contribution in [0.4, 0.5) is 0 Å². The number of benzene rings is 13. The van der Waals surface area contributed by atoms with E-state index in [2.05, 4.69) is 310 Å². The van der Waals surface area contributed by atoms with Crippen molar-refractivity contribution in [1.29, 1.82) is 0 Å². The van der Waals surface area contributed by atoms with Crippen molar-refractivity contribution in [2.45, 2.75) is 20.8 Å². The lowest BCUT2D eigenvalue weighted by atomic mass is 9.34. The largest absolute Gasteiger partial charge is 0.458 e. The molecule has 0 fully saturated rings. The summed E-state index contributed by atoms with van der Waals surface area (Å²) in [4.78, 5) is 0. The first kappa shape index (κ1) is 49.3. The van der Waals surface area contributed by atoms with Gasteiger partial charge in [-0.1, -0.05) is 254 Å². The maximum atomic E-state index is 7.88. The zero-order valence-electron chi connectivity index (χ0n) is 47.1. The molecule has 3 heteroatoms. The van der Waals surface area contributed by atoms with Crippen LogP contribution in [0.3, 0.4) is 0 Å². The molecular weight excluding hydrogens is 1010 g/mol. The van der Waals surface area contributed by atoms with Gasteiger partial charge in [-0.15, -0.1) is 0 Å². The van der Waals surface area contributed by atoms with Crippen molar-refractivity contribution < 1.29 is 4.74 Å². The van der Waals surface area contributed by atoms with Crippen molar-refractivity contribution in [3.8, 4) is 117 Å². The monoisotopic (exact) mass is 1070 g/mol. The molecule has 3 heterocycles. The van der Waals surface area contributed by atoms with Crippen molar-refractivity contribution >= 4 is 44.9 Å². The Bertz CT molecular complexity index is 4920. The average molecular weight is 1070 g/mol. The first-order valence-corrected chi connectivity index (χ1v) is 29.3. The summed E-state index contributed by atoms with van der Waals surface area (Å²) < 4.78 is 10.5. The third-order valence-electron chi connectivity index (χ3n) is 17.7. The second kappa shape index (κ2) is 19.9. The Kier molecular flexibility index (Phi) is 11.7. The topological polar surface area (TPSA) is 14.2 Å². The highest BCUT2D eigenvalue weighted by atomic mass is 16.5. The summed E-state index contributed by atoms with van der Waals surface area (Å²) in [7, 11) is 0. The highest BCUT2D eigenvalue weighted by molar-refractivity contribution is 6.99. The van der Waals surface area contributed by atoms with Crippen LogP contribution in [0.25, 0.3) is 128 Å². The van der Waals surface area contributed by atoms with Gasteiger partial charge in [-0.3, -0.25) is 0 Å². The number of aromatic nitrogens is 1. The molecule has 0 bridgehead atoms. The molecule has 0 N–H and O–H groups in total. The molecule has 0 radical (unpaired) electrons. The minimum absolute atomic E-state index is 0.235. The van der Waals surface area contributed by atoms with Gasteiger partial charge in [0.15, 0.2) is 0 Å². The van der Waals surface area contributed by atoms with Crippen LogP contribution in [0.15, 0.2) is 285 Å². The predicted octanol–water partition coefficient (Wildman–Crippen LogP) is 19.6. The number of fused-ring (bicyclic) bond motifs is 7. The third-order valence-corrected chi connectivity index (χ3v) is 17.7. The van der Waals surface area contributed by atoms with Crippen molar-refractivity contribution in [3.05, 3.63) is 302 Å². The van der Waals surface area contributed by atoms with Crippen LogP contribution in [0, 0.1) is 20.8 Å². The van der Waals surface area contributed by atoms with Crippen molar-refractivity contribution in [3.63, 3.8) is 0 Å². The van der Waals surface area contributed by atoms with E-state index in [-0.39, 0.29) is 6.71 Å². The SMILES string of the molecule is Cc1cc(C)c(-c2cc3c4c(c2)-n2c5ccc(-c6ccccc6-c6ccccc6)cc5c5cc(-c6ccccc6-c6ccccc6)cc(c52)B4c2cc(-c4ccccc4-c4ccccc4)cc(-c4ccccc4-c4ccccc4)c2O3)c(C)c1. The summed E-state index contributed by atoms with van der Waals surface area (Å²) >= 11 is 0. The number of hydrogen-bond donors (Lipinski definition) is 0. The molecule has 2 aliphatic heterocycles. The first-order valence-electron chi connectivity index (χ1n) is 29.3. The van der Waals surface area contributed by atoms with Crippen molar-refractivity contribution in [2.75, 3.05) is 0 Å². The van der Waals surface area contributed by atoms with Crippen molar-refractivity contribution in [1.82, 2.24) is 4.57 Å². The minimum Gasteiger partial charge on any atom is -0.458 e. The number of hydrogen-bond acceptors (Lipinski definition) is 1. The highest BCUT2D eigenvalue weighted by Crippen LogP contribution is 2.48. The smallest absolute Gasteiger partial charge is 0.256 e. The van der Waals surface area contributed by atoms with Gasteiger partial charge in [-0.2, -0.15) is 0 Å². The van der Waals surface area contributed by atoms with Gasteiger partial charge in [0, 0.05) is 27.5 Å². The molecule has 0 saturated heterocycles. The molecule has 84 heavy (non-hydrogen) atoms. The van der Waals surface area contributed by atoms with E-state index >= 15 is 0 Å². The first-order chi connectivity index (χ1) is 41.4. The zero-order chi connectivity index (χ0) is 56.0. The Labute approximate surface area is 491 Å². The van der Waals surface area contributed by atoms with Gasteiger partial charge in [0.05, 0.1) is 5.52 Å². The van der Waals surface area contributed by atoms with E-state index < -0.39 is 0 Å². The quantitative estimate of drug-likeness (QED) is 0.131. The van der Waals surface area contributed by atoms with Gasteiger partial charge in [-0.25, -0.2) is 0 Å². The molecule has 0 amide bonds. The molecular formula is C81H56BNO. The molecule has 0 spiro atoms. The summed E-state index contributed by atoms with van der Waals surface area (Å²) in [6.07, 6.45) is 0. The average Bonchev–Trinajstić information content (AvgIpc) is 1.52. The number of ether oxygens (including phenoxy) is 1. The van der Waals surface area contributed by atoms with Gasteiger partial charge in [-0.05, 0) is 179 Å². The summed E-state index contributed by atoms with van der Waals surface area (Å²) in [5.74, 6) is 1.75. The fourth-order valence-electron chi connectivity index (χ4n) is 14.2. The molecule has 0 unspecified atom stereocenters. The lowest BCUT2D eigenvalue weighted by molar-refractivity contribution is 0.489. The van der Waals surface area contributed by atoms with E-state index in [1.54, 1.807) is 0 Å². The Balaban J connectivity index is 1.06. The molecule has 16 rings (SSSR count). The summed E-state index contributed by atoms with van der Waals surface area (Å²) in [5, 5.41) is 2.42. The van der Waals surface area contributed by atoms with Crippen LogP contribution in [0.2, 0.25) is 0 Å². The third kappa shape index (κ3) is 8.03. The van der Waals surface area contributed by atoms with E-state index in [0.29, 0.717) is 0 Å². The molecule has 1 aromatic heterocycles. The van der Waals surface area contributed by atoms with Crippen LogP contribution in [0.5, 0.6) is 11.5 Å². The van der Waals surface area contributed by atoms with Crippen LogP contribution in [-0.4, -0.2) is 11.3 Å². The summed E-state index contributed by atoms with van der Waals surface area (Å²) in [5.41, 5.74) is 31.9. The van der Waals surface area contributed by atoms with E-state index in [1.165, 1.54) is 111 Å². The van der Waals surface area contributed by atoms with E-state index in [9.17, 15) is 0 Å². The molecule has 0 aliphatic carbocycles. The molecule has 13 aromatic carbocycles. The second-order valence-corrected chi connectivity index (χ2v) is 22.8. The maximum Gasteiger partial charge on any atom is 0.256 e. The van der Waals surface area contributed by atoms with Crippen LogP contribution in [0.1, 0.15) is 16.7 Å². The van der Waals surface area contributed by atoms with E-state index in [4.69, 9.17) is 4.74 Å². The highest BCUT2D eigenvalue weighted by Gasteiger charge is 2.43. The fourth-order valence-corrected chi connectivity index (χ4v) is 14.2. The van der Waals surface area contributed by atoms with Gasteiger partial charge in [0.25, 0.3) is 6.71 Å².